The first-order chi connectivity index (χ1) is 15.9. The highest BCUT2D eigenvalue weighted by Gasteiger charge is 2.20. The summed E-state index contributed by atoms with van der Waals surface area (Å²) in [7, 11) is 1.58. The highest BCUT2D eigenvalue weighted by atomic mass is 79.9. The number of methoxy groups -OCH3 is 1. The Morgan fingerprint density at radius 2 is 2.00 bits per heavy atom. The third-order valence-electron chi connectivity index (χ3n) is 5.33. The normalized spacial score (nSPS) is 12.1. The smallest absolute Gasteiger partial charge is 0.233 e. The molecule has 1 atom stereocenters. The fourth-order valence-corrected chi connectivity index (χ4v) is 3.93. The lowest BCUT2D eigenvalue weighted by molar-refractivity contribution is 0.223. The highest BCUT2D eigenvalue weighted by Crippen LogP contribution is 2.31. The van der Waals surface area contributed by atoms with Crippen LogP contribution in [0, 0.1) is 12.7 Å². The molecule has 0 fully saturated rings. The summed E-state index contributed by atoms with van der Waals surface area (Å²) in [6.07, 6.45) is 5.69. The molecule has 0 aliphatic rings. The third kappa shape index (κ3) is 5.08. The quantitative estimate of drug-likeness (QED) is 0.314. The molecule has 3 aromatic heterocycles. The van der Waals surface area contributed by atoms with Crippen molar-refractivity contribution in [2.45, 2.75) is 39.8 Å². The SMILES string of the molecule is CCn1cc(Cc2cc(OC)nn2-c2ccc(F)cc2[C@@H](C)Oc2cc(Br)cnc2C)cn1. The van der Waals surface area contributed by atoms with Crippen LogP contribution in [0.15, 0.2) is 53.4 Å². The van der Waals surface area contributed by atoms with E-state index in [2.05, 4.69) is 31.1 Å². The van der Waals surface area contributed by atoms with Crippen molar-refractivity contribution in [3.63, 3.8) is 0 Å². The molecule has 0 unspecified atom stereocenters. The zero-order chi connectivity index (χ0) is 23.5. The number of aromatic nitrogens is 5. The second-order valence-corrected chi connectivity index (χ2v) is 8.59. The molecule has 0 spiro atoms. The molecule has 0 radical (unpaired) electrons. The van der Waals surface area contributed by atoms with Gasteiger partial charge >= 0.3 is 0 Å². The summed E-state index contributed by atoms with van der Waals surface area (Å²) in [6, 6.07) is 8.34. The fraction of sp³-hybridized carbons (Fsp3) is 0.292. The van der Waals surface area contributed by atoms with Gasteiger partial charge in [0.05, 0.1) is 30.4 Å². The van der Waals surface area contributed by atoms with Gasteiger partial charge in [-0.1, -0.05) is 0 Å². The summed E-state index contributed by atoms with van der Waals surface area (Å²) in [5.74, 6) is 0.749. The van der Waals surface area contributed by atoms with Crippen molar-refractivity contribution in [2.75, 3.05) is 7.11 Å². The number of halogens is 2. The Kier molecular flexibility index (Phi) is 6.78. The van der Waals surface area contributed by atoms with Crippen molar-refractivity contribution in [1.82, 2.24) is 24.5 Å². The van der Waals surface area contributed by atoms with Gasteiger partial charge in [0, 0.05) is 41.5 Å². The molecule has 33 heavy (non-hydrogen) atoms. The van der Waals surface area contributed by atoms with Gasteiger partial charge < -0.3 is 9.47 Å². The molecular weight excluding hydrogens is 489 g/mol. The summed E-state index contributed by atoms with van der Waals surface area (Å²) in [4.78, 5) is 4.32. The van der Waals surface area contributed by atoms with Crippen LogP contribution < -0.4 is 9.47 Å². The van der Waals surface area contributed by atoms with Crippen LogP contribution in [-0.2, 0) is 13.0 Å². The minimum absolute atomic E-state index is 0.349. The summed E-state index contributed by atoms with van der Waals surface area (Å²) in [5, 5.41) is 8.96. The van der Waals surface area contributed by atoms with E-state index in [4.69, 9.17) is 9.47 Å². The molecule has 0 N–H and O–H groups in total. The van der Waals surface area contributed by atoms with Gasteiger partial charge in [0.1, 0.15) is 17.7 Å². The van der Waals surface area contributed by atoms with Crippen LogP contribution in [-0.4, -0.2) is 31.7 Å². The topological polar surface area (TPSA) is 67.0 Å². The Bertz CT molecular complexity index is 1270. The predicted molar refractivity (Wildman–Crippen MR) is 126 cm³/mol. The van der Waals surface area contributed by atoms with Crippen molar-refractivity contribution in [3.8, 4) is 17.3 Å². The van der Waals surface area contributed by atoms with Crippen LogP contribution in [0.2, 0.25) is 0 Å². The minimum Gasteiger partial charge on any atom is -0.484 e. The van der Waals surface area contributed by atoms with Gasteiger partial charge in [-0.15, -0.1) is 5.10 Å². The lowest BCUT2D eigenvalue weighted by Crippen LogP contribution is -2.12. The third-order valence-corrected chi connectivity index (χ3v) is 5.77. The van der Waals surface area contributed by atoms with Crippen molar-refractivity contribution in [1.29, 1.82) is 0 Å². The zero-order valence-electron chi connectivity index (χ0n) is 18.9. The molecule has 0 saturated heterocycles. The summed E-state index contributed by atoms with van der Waals surface area (Å²) in [6.45, 7) is 6.58. The molecule has 0 aliphatic carbocycles. The Hall–Kier alpha value is -3.20. The van der Waals surface area contributed by atoms with Crippen molar-refractivity contribution in [2.24, 2.45) is 0 Å². The van der Waals surface area contributed by atoms with E-state index in [1.165, 1.54) is 12.1 Å². The molecule has 9 heteroatoms. The average Bonchev–Trinajstić information content (AvgIpc) is 3.43. The number of aryl methyl sites for hydroxylation is 2. The Morgan fingerprint density at radius 3 is 2.73 bits per heavy atom. The van der Waals surface area contributed by atoms with E-state index in [9.17, 15) is 4.39 Å². The van der Waals surface area contributed by atoms with E-state index in [1.54, 1.807) is 24.1 Å². The number of nitrogens with zero attached hydrogens (tertiary/aromatic N) is 5. The largest absolute Gasteiger partial charge is 0.484 e. The number of hydrogen-bond acceptors (Lipinski definition) is 5. The van der Waals surface area contributed by atoms with E-state index in [1.807, 2.05) is 50.0 Å². The molecule has 0 aliphatic heterocycles. The van der Waals surface area contributed by atoms with Gasteiger partial charge in [0.2, 0.25) is 5.88 Å². The Balaban J connectivity index is 1.73. The van der Waals surface area contributed by atoms with Crippen LogP contribution in [0.4, 0.5) is 4.39 Å². The second kappa shape index (κ2) is 9.74. The van der Waals surface area contributed by atoms with Crippen LogP contribution in [0.1, 0.15) is 42.5 Å². The first-order valence-electron chi connectivity index (χ1n) is 10.6. The maximum absolute atomic E-state index is 14.3. The first kappa shape index (κ1) is 23.0. The van der Waals surface area contributed by atoms with E-state index in [0.29, 0.717) is 29.3 Å². The molecule has 3 heterocycles. The van der Waals surface area contributed by atoms with Crippen LogP contribution in [0.25, 0.3) is 5.69 Å². The van der Waals surface area contributed by atoms with Crippen molar-refractivity contribution >= 4 is 15.9 Å². The number of ether oxygens (including phenoxy) is 2. The van der Waals surface area contributed by atoms with Crippen LogP contribution in [0.3, 0.4) is 0 Å². The number of rotatable bonds is 8. The highest BCUT2D eigenvalue weighted by molar-refractivity contribution is 9.10. The van der Waals surface area contributed by atoms with Crippen LogP contribution >= 0.6 is 15.9 Å². The van der Waals surface area contributed by atoms with Crippen molar-refractivity contribution < 1.29 is 13.9 Å². The molecule has 1 aromatic carbocycles. The predicted octanol–water partition coefficient (Wildman–Crippen LogP) is 5.43. The zero-order valence-corrected chi connectivity index (χ0v) is 20.5. The maximum atomic E-state index is 14.3. The average molecular weight is 514 g/mol. The molecule has 4 aromatic rings. The molecule has 7 nitrogen and oxygen atoms in total. The second-order valence-electron chi connectivity index (χ2n) is 7.67. The maximum Gasteiger partial charge on any atom is 0.233 e. The van der Waals surface area contributed by atoms with E-state index < -0.39 is 6.10 Å². The van der Waals surface area contributed by atoms with Crippen molar-refractivity contribution in [3.05, 3.63) is 81.7 Å². The fourth-order valence-electron chi connectivity index (χ4n) is 3.62. The molecule has 0 amide bonds. The summed E-state index contributed by atoms with van der Waals surface area (Å²) >= 11 is 3.43. The van der Waals surface area contributed by atoms with Gasteiger partial charge in [-0.3, -0.25) is 9.67 Å². The van der Waals surface area contributed by atoms with Gasteiger partial charge in [-0.05, 0) is 66.5 Å². The molecule has 0 saturated carbocycles. The Morgan fingerprint density at radius 1 is 1.18 bits per heavy atom. The molecular formula is C24H25BrFN5O2. The van der Waals surface area contributed by atoms with Gasteiger partial charge in [-0.25, -0.2) is 9.07 Å². The number of hydrogen-bond donors (Lipinski definition) is 0. The minimum atomic E-state index is -0.462. The van der Waals surface area contributed by atoms with Crippen LogP contribution in [0.5, 0.6) is 11.6 Å². The number of benzene rings is 1. The molecule has 172 valence electrons. The van der Waals surface area contributed by atoms with E-state index in [-0.39, 0.29) is 5.82 Å². The lowest BCUT2D eigenvalue weighted by Gasteiger charge is -2.20. The van der Waals surface area contributed by atoms with Gasteiger partial charge in [-0.2, -0.15) is 5.10 Å². The Labute approximate surface area is 200 Å². The monoisotopic (exact) mass is 513 g/mol. The first-order valence-corrected chi connectivity index (χ1v) is 11.4. The number of pyridine rings is 1. The van der Waals surface area contributed by atoms with Gasteiger partial charge in [0.15, 0.2) is 0 Å². The molecule has 4 rings (SSSR count). The summed E-state index contributed by atoms with van der Waals surface area (Å²) in [5.41, 5.74) is 4.06. The summed E-state index contributed by atoms with van der Waals surface area (Å²) < 4.78 is 30.4. The molecule has 0 bridgehead atoms. The van der Waals surface area contributed by atoms with E-state index >= 15 is 0 Å². The standard InChI is InChI=1S/C24H25BrFN5O2/c1-5-30-14-17(12-28-30)8-20-11-24(32-4)29-31(20)22-7-6-19(26)10-21(22)16(3)33-23-9-18(25)13-27-15(23)2/h6-7,9-14,16H,5,8H2,1-4H3/t16-/m1/s1. The van der Waals surface area contributed by atoms with E-state index in [0.717, 1.165) is 28.0 Å². The lowest BCUT2D eigenvalue weighted by atomic mass is 10.1. The van der Waals surface area contributed by atoms with Gasteiger partial charge in [0.25, 0.3) is 0 Å².